The largest absolute Gasteiger partial charge is 0.457 e. The molecule has 0 spiro atoms. The van der Waals surface area contributed by atoms with Crippen LogP contribution in [0.25, 0.3) is 0 Å². The molecular formula is C18H20FNO2. The first-order chi connectivity index (χ1) is 10.6. The van der Waals surface area contributed by atoms with Gasteiger partial charge in [-0.2, -0.15) is 0 Å². The van der Waals surface area contributed by atoms with Crippen LogP contribution >= 0.6 is 0 Å². The zero-order valence-electron chi connectivity index (χ0n) is 12.6. The molecule has 0 unspecified atom stereocenters. The van der Waals surface area contributed by atoms with Crippen molar-refractivity contribution in [3.05, 3.63) is 59.4 Å². The van der Waals surface area contributed by atoms with Gasteiger partial charge in [0.25, 0.3) is 0 Å². The van der Waals surface area contributed by atoms with Crippen LogP contribution in [-0.4, -0.2) is 18.2 Å². The van der Waals surface area contributed by atoms with Gasteiger partial charge in [0.15, 0.2) is 0 Å². The normalized spacial score (nSPS) is 17.2. The predicted octanol–water partition coefficient (Wildman–Crippen LogP) is 3.50. The van der Waals surface area contributed by atoms with Crippen LogP contribution in [0, 0.1) is 12.7 Å². The molecule has 3 rings (SSSR count). The zero-order valence-corrected chi connectivity index (χ0v) is 12.6. The molecule has 22 heavy (non-hydrogen) atoms. The predicted molar refractivity (Wildman–Crippen MR) is 83.7 cm³/mol. The van der Waals surface area contributed by atoms with Gasteiger partial charge in [0.2, 0.25) is 0 Å². The third-order valence-corrected chi connectivity index (χ3v) is 4.18. The Hall–Kier alpha value is -1.91. The average molecular weight is 301 g/mol. The molecular weight excluding hydrogens is 281 g/mol. The molecule has 1 heterocycles. The molecule has 2 aromatic rings. The van der Waals surface area contributed by atoms with E-state index in [9.17, 15) is 9.50 Å². The molecule has 2 aromatic carbocycles. The molecule has 116 valence electrons. The van der Waals surface area contributed by atoms with E-state index in [1.165, 1.54) is 12.1 Å². The number of aryl methyl sites for hydroxylation is 1. The van der Waals surface area contributed by atoms with Crippen LogP contribution in [0.3, 0.4) is 0 Å². The fourth-order valence-electron chi connectivity index (χ4n) is 2.90. The summed E-state index contributed by atoms with van der Waals surface area (Å²) in [6.07, 6.45) is 1.30. The Morgan fingerprint density at radius 2 is 1.82 bits per heavy atom. The van der Waals surface area contributed by atoms with Crippen LogP contribution in [0.1, 0.15) is 24.0 Å². The highest BCUT2D eigenvalue weighted by molar-refractivity contribution is 5.43. The Bertz CT molecular complexity index is 666. The maximum atomic E-state index is 13.2. The molecule has 0 radical (unpaired) electrons. The second-order valence-corrected chi connectivity index (χ2v) is 5.79. The summed E-state index contributed by atoms with van der Waals surface area (Å²) in [4.78, 5) is 0. The van der Waals surface area contributed by atoms with Crippen molar-refractivity contribution in [1.82, 2.24) is 5.32 Å². The molecule has 0 amide bonds. The lowest BCUT2D eigenvalue weighted by Crippen LogP contribution is -2.39. The van der Waals surface area contributed by atoms with E-state index in [2.05, 4.69) is 5.32 Å². The van der Waals surface area contributed by atoms with Crippen molar-refractivity contribution in [3.63, 3.8) is 0 Å². The van der Waals surface area contributed by atoms with Crippen LogP contribution in [0.15, 0.2) is 42.5 Å². The van der Waals surface area contributed by atoms with Crippen molar-refractivity contribution in [3.8, 4) is 11.5 Å². The van der Waals surface area contributed by atoms with Crippen molar-refractivity contribution in [2.24, 2.45) is 0 Å². The Balaban J connectivity index is 1.94. The van der Waals surface area contributed by atoms with E-state index in [0.29, 0.717) is 24.3 Å². The summed E-state index contributed by atoms with van der Waals surface area (Å²) in [6.45, 7) is 3.36. The van der Waals surface area contributed by atoms with Crippen LogP contribution in [0.5, 0.6) is 11.5 Å². The van der Waals surface area contributed by atoms with Crippen molar-refractivity contribution in [1.29, 1.82) is 0 Å². The number of aliphatic hydroxyl groups is 1. The third kappa shape index (κ3) is 2.98. The number of hydrogen-bond acceptors (Lipinski definition) is 3. The van der Waals surface area contributed by atoms with E-state index in [-0.39, 0.29) is 5.82 Å². The summed E-state index contributed by atoms with van der Waals surface area (Å²) >= 11 is 0. The molecule has 0 aromatic heterocycles. The van der Waals surface area contributed by atoms with E-state index in [1.54, 1.807) is 13.0 Å². The van der Waals surface area contributed by atoms with E-state index in [1.807, 2.05) is 24.3 Å². The molecule has 0 bridgehead atoms. The number of ether oxygens (including phenoxy) is 1. The summed E-state index contributed by atoms with van der Waals surface area (Å²) in [6, 6.07) is 12.0. The van der Waals surface area contributed by atoms with Gasteiger partial charge in [0.05, 0.1) is 5.60 Å². The quantitative estimate of drug-likeness (QED) is 0.911. The molecule has 1 saturated heterocycles. The minimum absolute atomic E-state index is 0.282. The number of halogens is 1. The fourth-order valence-corrected chi connectivity index (χ4v) is 2.90. The van der Waals surface area contributed by atoms with E-state index < -0.39 is 5.60 Å². The van der Waals surface area contributed by atoms with E-state index >= 15 is 0 Å². The van der Waals surface area contributed by atoms with Crippen molar-refractivity contribution in [2.75, 3.05) is 13.1 Å². The Labute approximate surface area is 129 Å². The first-order valence-electron chi connectivity index (χ1n) is 7.55. The summed E-state index contributed by atoms with van der Waals surface area (Å²) < 4.78 is 19.2. The van der Waals surface area contributed by atoms with Gasteiger partial charge < -0.3 is 15.2 Å². The summed E-state index contributed by atoms with van der Waals surface area (Å²) in [5, 5.41) is 14.2. The highest BCUT2D eigenvalue weighted by Gasteiger charge is 2.33. The monoisotopic (exact) mass is 301 g/mol. The van der Waals surface area contributed by atoms with Gasteiger partial charge in [-0.1, -0.05) is 18.2 Å². The van der Waals surface area contributed by atoms with Crippen LogP contribution < -0.4 is 10.1 Å². The first kappa shape index (κ1) is 15.0. The number of nitrogens with one attached hydrogen (secondary N) is 1. The summed E-state index contributed by atoms with van der Waals surface area (Å²) in [5.41, 5.74) is 0.641. The van der Waals surface area contributed by atoms with E-state index in [0.717, 1.165) is 24.2 Å². The number of para-hydroxylation sites is 1. The third-order valence-electron chi connectivity index (χ3n) is 4.18. The van der Waals surface area contributed by atoms with Gasteiger partial charge in [-0.15, -0.1) is 0 Å². The van der Waals surface area contributed by atoms with Crippen molar-refractivity contribution >= 4 is 0 Å². The Kier molecular flexibility index (Phi) is 4.14. The molecule has 0 aliphatic carbocycles. The number of hydrogen-bond donors (Lipinski definition) is 2. The molecule has 1 fully saturated rings. The Morgan fingerprint density at radius 3 is 2.55 bits per heavy atom. The molecule has 4 heteroatoms. The average Bonchev–Trinajstić information content (AvgIpc) is 2.51. The van der Waals surface area contributed by atoms with Crippen LogP contribution in [0.4, 0.5) is 4.39 Å². The highest BCUT2D eigenvalue weighted by Crippen LogP contribution is 2.38. The molecule has 1 aliphatic heterocycles. The van der Waals surface area contributed by atoms with Gasteiger partial charge in [0, 0.05) is 5.56 Å². The topological polar surface area (TPSA) is 41.5 Å². The lowest BCUT2D eigenvalue weighted by molar-refractivity contribution is 0.00429. The smallest absolute Gasteiger partial charge is 0.133 e. The molecule has 2 N–H and O–H groups in total. The number of piperidine rings is 1. The maximum Gasteiger partial charge on any atom is 0.133 e. The van der Waals surface area contributed by atoms with E-state index in [4.69, 9.17) is 4.74 Å². The van der Waals surface area contributed by atoms with Gasteiger partial charge in [-0.05, 0) is 62.7 Å². The standard InChI is InChI=1S/C18H20FNO2/c1-13-12-14(19)6-7-16(13)22-17-5-3-2-4-15(17)18(21)8-10-20-11-9-18/h2-7,12,20-21H,8-11H2,1H3. The molecule has 0 atom stereocenters. The van der Waals surface area contributed by atoms with Gasteiger partial charge in [-0.3, -0.25) is 0 Å². The van der Waals surface area contributed by atoms with Crippen molar-refractivity contribution in [2.45, 2.75) is 25.4 Å². The SMILES string of the molecule is Cc1cc(F)ccc1Oc1ccccc1C1(O)CCNCC1. The minimum atomic E-state index is -0.879. The summed E-state index contributed by atoms with van der Waals surface area (Å²) in [7, 11) is 0. The minimum Gasteiger partial charge on any atom is -0.457 e. The highest BCUT2D eigenvalue weighted by atomic mass is 19.1. The Morgan fingerprint density at radius 1 is 1.09 bits per heavy atom. The summed E-state index contributed by atoms with van der Waals surface area (Å²) in [5.74, 6) is 0.947. The number of rotatable bonds is 3. The maximum absolute atomic E-state index is 13.2. The lowest BCUT2D eigenvalue weighted by Gasteiger charge is -2.34. The lowest BCUT2D eigenvalue weighted by atomic mass is 9.84. The second kappa shape index (κ2) is 6.07. The fraction of sp³-hybridized carbons (Fsp3) is 0.333. The van der Waals surface area contributed by atoms with Gasteiger partial charge in [0.1, 0.15) is 17.3 Å². The second-order valence-electron chi connectivity index (χ2n) is 5.79. The van der Waals surface area contributed by atoms with Crippen LogP contribution in [-0.2, 0) is 5.60 Å². The van der Waals surface area contributed by atoms with Crippen molar-refractivity contribution < 1.29 is 14.2 Å². The molecule has 3 nitrogen and oxygen atoms in total. The molecule has 1 aliphatic rings. The van der Waals surface area contributed by atoms with Gasteiger partial charge in [-0.25, -0.2) is 4.39 Å². The van der Waals surface area contributed by atoms with Crippen LogP contribution in [0.2, 0.25) is 0 Å². The zero-order chi connectivity index (χ0) is 15.6. The number of benzene rings is 2. The molecule has 0 saturated carbocycles. The van der Waals surface area contributed by atoms with Gasteiger partial charge >= 0.3 is 0 Å². The first-order valence-corrected chi connectivity index (χ1v) is 7.55.